The van der Waals surface area contributed by atoms with Gasteiger partial charge in [0.25, 0.3) is 0 Å². The summed E-state index contributed by atoms with van der Waals surface area (Å²) in [6, 6.07) is 11.7. The Balaban J connectivity index is 1.37. The Bertz CT molecular complexity index is 1390. The summed E-state index contributed by atoms with van der Waals surface area (Å²) in [4.78, 5) is 11.6. The second kappa shape index (κ2) is 8.24. The highest BCUT2D eigenvalue weighted by Gasteiger charge is 2.46. The summed E-state index contributed by atoms with van der Waals surface area (Å²) in [5.41, 5.74) is 12.2. The van der Waals surface area contributed by atoms with Crippen molar-refractivity contribution >= 4 is 34.7 Å². The average Bonchev–Trinajstić information content (AvgIpc) is 3.44. The van der Waals surface area contributed by atoms with Crippen molar-refractivity contribution in [2.45, 2.75) is 31.9 Å². The van der Waals surface area contributed by atoms with Gasteiger partial charge in [0.2, 0.25) is 0 Å². The van der Waals surface area contributed by atoms with Crippen LogP contribution in [-0.4, -0.2) is 32.6 Å². The van der Waals surface area contributed by atoms with Crippen LogP contribution in [0.1, 0.15) is 35.7 Å². The molecule has 8 heteroatoms. The molecule has 1 aliphatic carbocycles. The number of rotatable bonds is 3. The number of aliphatic hydroxyl groups is 1. The Morgan fingerprint density at radius 2 is 1.91 bits per heavy atom. The van der Waals surface area contributed by atoms with Crippen LogP contribution in [0.3, 0.4) is 0 Å². The third kappa shape index (κ3) is 3.24. The van der Waals surface area contributed by atoms with Crippen molar-refractivity contribution in [1.82, 2.24) is 14.4 Å². The molecule has 0 amide bonds. The molecule has 6 rings (SSSR count). The molecule has 1 atom stereocenters. The summed E-state index contributed by atoms with van der Waals surface area (Å²) in [6.07, 6.45) is 8.50. The lowest BCUT2D eigenvalue weighted by atomic mass is 9.73. The van der Waals surface area contributed by atoms with E-state index in [1.165, 1.54) is 5.56 Å². The van der Waals surface area contributed by atoms with Crippen LogP contribution in [-0.2, 0) is 13.0 Å². The SMILES string of the molecule is NC1c2cccnc2CC12CCN(c1cc(CO)c(-c3cccc(Cl)c3Cl)c3nccn13)CC2. The van der Waals surface area contributed by atoms with Crippen molar-refractivity contribution < 1.29 is 5.11 Å². The van der Waals surface area contributed by atoms with Gasteiger partial charge in [-0.3, -0.25) is 9.38 Å². The molecular formula is C26H25Cl2N5O. The van der Waals surface area contributed by atoms with Crippen molar-refractivity contribution in [2.24, 2.45) is 11.1 Å². The van der Waals surface area contributed by atoms with Gasteiger partial charge in [0.15, 0.2) is 0 Å². The van der Waals surface area contributed by atoms with Gasteiger partial charge in [-0.05, 0) is 54.0 Å². The molecule has 0 radical (unpaired) electrons. The van der Waals surface area contributed by atoms with E-state index < -0.39 is 0 Å². The number of benzene rings is 1. The number of piperidine rings is 1. The number of halogens is 2. The van der Waals surface area contributed by atoms with E-state index >= 15 is 0 Å². The molecule has 4 heterocycles. The lowest BCUT2D eigenvalue weighted by molar-refractivity contribution is 0.186. The number of aromatic nitrogens is 3. The van der Waals surface area contributed by atoms with E-state index in [0.29, 0.717) is 10.0 Å². The molecule has 174 valence electrons. The molecule has 0 saturated carbocycles. The zero-order chi connectivity index (χ0) is 23.4. The summed E-state index contributed by atoms with van der Waals surface area (Å²) >= 11 is 12.9. The maximum absolute atomic E-state index is 10.3. The number of hydrogen-bond donors (Lipinski definition) is 2. The molecule has 34 heavy (non-hydrogen) atoms. The summed E-state index contributed by atoms with van der Waals surface area (Å²) in [5.74, 6) is 1.01. The number of imidazole rings is 1. The van der Waals surface area contributed by atoms with Crippen molar-refractivity contribution in [3.05, 3.63) is 81.9 Å². The van der Waals surface area contributed by atoms with Crippen LogP contribution in [0.15, 0.2) is 55.0 Å². The molecule has 4 aromatic rings. The third-order valence-corrected chi connectivity index (χ3v) is 8.47. The quantitative estimate of drug-likeness (QED) is 0.417. The second-order valence-corrected chi connectivity index (χ2v) is 10.1. The van der Waals surface area contributed by atoms with Gasteiger partial charge in [0.05, 0.1) is 16.7 Å². The van der Waals surface area contributed by atoms with Crippen LogP contribution in [0.2, 0.25) is 10.0 Å². The van der Waals surface area contributed by atoms with E-state index in [-0.39, 0.29) is 18.1 Å². The molecule has 2 aliphatic rings. The Morgan fingerprint density at radius 1 is 1.09 bits per heavy atom. The highest BCUT2D eigenvalue weighted by atomic mass is 35.5. The molecule has 3 aromatic heterocycles. The number of pyridine rings is 2. The van der Waals surface area contributed by atoms with Gasteiger partial charge in [0.1, 0.15) is 11.5 Å². The number of aliphatic hydroxyl groups excluding tert-OH is 1. The molecule has 1 spiro atoms. The zero-order valence-corrected chi connectivity index (χ0v) is 20.1. The molecule has 1 aliphatic heterocycles. The minimum Gasteiger partial charge on any atom is -0.392 e. The van der Waals surface area contributed by atoms with E-state index in [4.69, 9.17) is 28.9 Å². The normalized spacial score (nSPS) is 19.2. The van der Waals surface area contributed by atoms with Gasteiger partial charge < -0.3 is 15.7 Å². The minimum absolute atomic E-state index is 0.0203. The van der Waals surface area contributed by atoms with E-state index in [1.807, 2.05) is 36.7 Å². The monoisotopic (exact) mass is 493 g/mol. The lowest BCUT2D eigenvalue weighted by Crippen LogP contribution is -2.44. The highest BCUT2D eigenvalue weighted by molar-refractivity contribution is 6.43. The van der Waals surface area contributed by atoms with E-state index in [0.717, 1.165) is 66.2 Å². The van der Waals surface area contributed by atoms with E-state index in [1.54, 1.807) is 12.3 Å². The van der Waals surface area contributed by atoms with Crippen molar-refractivity contribution in [3.63, 3.8) is 0 Å². The standard InChI is InChI=1S/C26H25Cl2N5O/c27-19-5-1-3-18(23(19)28)22-16(15-34)13-21(33-12-9-31-25(22)33)32-10-6-26(7-11-32)14-20-17(24(26)29)4-2-8-30-20/h1-5,8-9,12-13,24,34H,6-7,10-11,14-15,29H2. The highest BCUT2D eigenvalue weighted by Crippen LogP contribution is 2.50. The Labute approximate surface area is 208 Å². The Kier molecular flexibility index (Phi) is 5.30. The fourth-order valence-corrected chi connectivity index (χ4v) is 6.19. The molecule has 1 fully saturated rings. The molecule has 1 saturated heterocycles. The number of nitrogens with zero attached hydrogens (tertiary/aromatic N) is 4. The fraction of sp³-hybridized carbons (Fsp3) is 0.308. The fourth-order valence-electron chi connectivity index (χ4n) is 5.80. The molecule has 6 nitrogen and oxygen atoms in total. The summed E-state index contributed by atoms with van der Waals surface area (Å²) in [5, 5.41) is 11.2. The first-order chi connectivity index (χ1) is 16.5. The number of nitrogens with two attached hydrogens (primary N) is 1. The van der Waals surface area contributed by atoms with Gasteiger partial charge >= 0.3 is 0 Å². The summed E-state index contributed by atoms with van der Waals surface area (Å²) in [7, 11) is 0. The van der Waals surface area contributed by atoms with Crippen LogP contribution in [0.25, 0.3) is 16.8 Å². The maximum atomic E-state index is 10.3. The largest absolute Gasteiger partial charge is 0.392 e. The number of anilines is 1. The summed E-state index contributed by atoms with van der Waals surface area (Å²) in [6.45, 7) is 1.62. The smallest absolute Gasteiger partial charge is 0.146 e. The summed E-state index contributed by atoms with van der Waals surface area (Å²) < 4.78 is 2.08. The van der Waals surface area contributed by atoms with Crippen molar-refractivity contribution in [3.8, 4) is 11.1 Å². The van der Waals surface area contributed by atoms with Crippen LogP contribution in [0.5, 0.6) is 0 Å². The Hall–Kier alpha value is -2.64. The number of fused-ring (bicyclic) bond motifs is 2. The third-order valence-electron chi connectivity index (χ3n) is 7.65. The van der Waals surface area contributed by atoms with Gasteiger partial charge in [-0.1, -0.05) is 41.4 Å². The van der Waals surface area contributed by atoms with E-state index in [2.05, 4.69) is 25.3 Å². The van der Waals surface area contributed by atoms with E-state index in [9.17, 15) is 5.11 Å². The predicted octanol–water partition coefficient (Wildman–Crippen LogP) is 5.04. The van der Waals surface area contributed by atoms with Crippen LogP contribution in [0.4, 0.5) is 5.82 Å². The van der Waals surface area contributed by atoms with Crippen LogP contribution < -0.4 is 10.6 Å². The molecule has 1 unspecified atom stereocenters. The number of hydrogen-bond acceptors (Lipinski definition) is 5. The molecular weight excluding hydrogens is 469 g/mol. The van der Waals surface area contributed by atoms with Gasteiger partial charge in [-0.15, -0.1) is 0 Å². The zero-order valence-electron chi connectivity index (χ0n) is 18.6. The van der Waals surface area contributed by atoms with Gasteiger partial charge in [-0.2, -0.15) is 0 Å². The lowest BCUT2D eigenvalue weighted by Gasteiger charge is -2.43. The minimum atomic E-state index is -0.127. The first-order valence-electron chi connectivity index (χ1n) is 11.5. The van der Waals surface area contributed by atoms with Gasteiger partial charge in [-0.25, -0.2) is 4.98 Å². The Morgan fingerprint density at radius 3 is 2.68 bits per heavy atom. The molecule has 1 aromatic carbocycles. The molecule has 0 bridgehead atoms. The second-order valence-electron chi connectivity index (χ2n) is 9.33. The first kappa shape index (κ1) is 21.9. The van der Waals surface area contributed by atoms with Gasteiger partial charge in [0, 0.05) is 54.5 Å². The maximum Gasteiger partial charge on any atom is 0.146 e. The van der Waals surface area contributed by atoms with Crippen molar-refractivity contribution in [1.29, 1.82) is 0 Å². The topological polar surface area (TPSA) is 79.7 Å². The average molecular weight is 494 g/mol. The van der Waals surface area contributed by atoms with Crippen LogP contribution >= 0.6 is 23.2 Å². The molecule has 3 N–H and O–H groups in total. The first-order valence-corrected chi connectivity index (χ1v) is 12.3. The van der Waals surface area contributed by atoms with Crippen LogP contribution in [0, 0.1) is 5.41 Å². The predicted molar refractivity (Wildman–Crippen MR) is 135 cm³/mol. The van der Waals surface area contributed by atoms with Crippen molar-refractivity contribution in [2.75, 3.05) is 18.0 Å².